The molecule has 0 saturated carbocycles. The van der Waals surface area contributed by atoms with E-state index in [1.807, 2.05) is 42.5 Å². The number of carbonyl (C=O) groups is 2. The fraction of sp³-hybridized carbons (Fsp3) is 0.136. The van der Waals surface area contributed by atoms with Crippen molar-refractivity contribution in [3.05, 3.63) is 78.0 Å². The Bertz CT molecular complexity index is 1010. The molecule has 29 heavy (non-hydrogen) atoms. The maximum Gasteiger partial charge on any atom is 0.343 e. The van der Waals surface area contributed by atoms with Gasteiger partial charge in [-0.3, -0.25) is 4.79 Å². The normalized spacial score (nSPS) is 10.7. The zero-order valence-electron chi connectivity index (χ0n) is 16.2. The zero-order chi connectivity index (χ0) is 20.6. The van der Waals surface area contributed by atoms with Crippen LogP contribution in [0.1, 0.15) is 22.8 Å². The van der Waals surface area contributed by atoms with E-state index in [0.717, 1.165) is 11.3 Å². The molecule has 3 rings (SSSR count). The standard InChI is InChI=1S/C22H21N3O4/c1-3-29-22(27)19-15-23-25(17-7-5-4-6-8-17)21(19)24-20(26)14-11-16-9-12-18(28-2)13-10-16/h4-15H,3H2,1-2H3,(H,24,26). The third-order valence-electron chi connectivity index (χ3n) is 4.05. The predicted octanol–water partition coefficient (Wildman–Crippen LogP) is 3.71. The molecule has 0 aliphatic carbocycles. The Labute approximate surface area is 168 Å². The number of amides is 1. The molecule has 3 aromatic rings. The van der Waals surface area contributed by atoms with Gasteiger partial charge < -0.3 is 14.8 Å². The van der Waals surface area contributed by atoms with E-state index in [1.165, 1.54) is 17.0 Å². The Morgan fingerprint density at radius 3 is 2.48 bits per heavy atom. The van der Waals surface area contributed by atoms with Crippen molar-refractivity contribution >= 4 is 23.8 Å². The van der Waals surface area contributed by atoms with Crippen molar-refractivity contribution in [3.8, 4) is 11.4 Å². The summed E-state index contributed by atoms with van der Waals surface area (Å²) in [7, 11) is 1.59. The lowest BCUT2D eigenvalue weighted by molar-refractivity contribution is -0.111. The number of esters is 1. The fourth-order valence-electron chi connectivity index (χ4n) is 2.64. The molecule has 0 aliphatic rings. The predicted molar refractivity (Wildman–Crippen MR) is 110 cm³/mol. The molecule has 7 heteroatoms. The molecule has 0 spiro atoms. The van der Waals surface area contributed by atoms with Crippen LogP contribution >= 0.6 is 0 Å². The molecule has 1 heterocycles. The summed E-state index contributed by atoms with van der Waals surface area (Å²) in [4.78, 5) is 24.8. The van der Waals surface area contributed by atoms with Crippen molar-refractivity contribution in [1.82, 2.24) is 9.78 Å². The molecule has 0 atom stereocenters. The van der Waals surface area contributed by atoms with E-state index in [0.29, 0.717) is 5.69 Å². The molecular weight excluding hydrogens is 370 g/mol. The van der Waals surface area contributed by atoms with Gasteiger partial charge in [-0.05, 0) is 42.8 Å². The highest BCUT2D eigenvalue weighted by atomic mass is 16.5. The lowest BCUT2D eigenvalue weighted by atomic mass is 10.2. The molecule has 0 bridgehead atoms. The van der Waals surface area contributed by atoms with Crippen LogP contribution in [0, 0.1) is 0 Å². The second-order valence-corrected chi connectivity index (χ2v) is 5.97. The molecule has 0 unspecified atom stereocenters. The molecule has 1 aromatic heterocycles. The number of methoxy groups -OCH3 is 1. The van der Waals surface area contributed by atoms with Gasteiger partial charge >= 0.3 is 5.97 Å². The van der Waals surface area contributed by atoms with Crippen molar-refractivity contribution in [2.75, 3.05) is 19.0 Å². The van der Waals surface area contributed by atoms with Crippen LogP contribution in [-0.4, -0.2) is 35.4 Å². The minimum atomic E-state index is -0.552. The number of hydrogen-bond donors (Lipinski definition) is 1. The maximum atomic E-state index is 12.5. The van der Waals surface area contributed by atoms with Crippen LogP contribution in [0.25, 0.3) is 11.8 Å². The van der Waals surface area contributed by atoms with Gasteiger partial charge in [0.05, 0.1) is 25.6 Å². The monoisotopic (exact) mass is 391 g/mol. The summed E-state index contributed by atoms with van der Waals surface area (Å²) in [6, 6.07) is 16.5. The summed E-state index contributed by atoms with van der Waals surface area (Å²) in [5, 5.41) is 6.98. The van der Waals surface area contributed by atoms with Crippen LogP contribution in [0.4, 0.5) is 5.82 Å². The second kappa shape index (κ2) is 9.36. The fourth-order valence-corrected chi connectivity index (χ4v) is 2.64. The molecule has 0 aliphatic heterocycles. The van der Waals surface area contributed by atoms with Crippen LogP contribution < -0.4 is 10.1 Å². The topological polar surface area (TPSA) is 82.5 Å². The van der Waals surface area contributed by atoms with E-state index in [1.54, 1.807) is 32.2 Å². The zero-order valence-corrected chi connectivity index (χ0v) is 16.2. The molecule has 1 N–H and O–H groups in total. The Morgan fingerprint density at radius 2 is 1.83 bits per heavy atom. The summed E-state index contributed by atoms with van der Waals surface area (Å²) in [6.45, 7) is 1.94. The van der Waals surface area contributed by atoms with Gasteiger partial charge in [0.25, 0.3) is 0 Å². The number of carbonyl (C=O) groups excluding carboxylic acids is 2. The van der Waals surface area contributed by atoms with Crippen LogP contribution in [0.5, 0.6) is 5.75 Å². The van der Waals surface area contributed by atoms with E-state index in [9.17, 15) is 9.59 Å². The first-order valence-electron chi connectivity index (χ1n) is 9.06. The maximum absolute atomic E-state index is 12.5. The third kappa shape index (κ3) is 4.90. The van der Waals surface area contributed by atoms with E-state index < -0.39 is 11.9 Å². The van der Waals surface area contributed by atoms with Gasteiger partial charge in [0.15, 0.2) is 5.82 Å². The number of nitrogens with one attached hydrogen (secondary N) is 1. The van der Waals surface area contributed by atoms with E-state index in [-0.39, 0.29) is 18.0 Å². The van der Waals surface area contributed by atoms with Crippen LogP contribution in [0.2, 0.25) is 0 Å². The Morgan fingerprint density at radius 1 is 1.10 bits per heavy atom. The molecule has 148 valence electrons. The molecule has 0 radical (unpaired) electrons. The molecule has 1 amide bonds. The number of nitrogens with zero attached hydrogens (tertiary/aromatic N) is 2. The van der Waals surface area contributed by atoms with E-state index >= 15 is 0 Å². The Balaban J connectivity index is 1.85. The van der Waals surface area contributed by atoms with Crippen LogP contribution in [0.15, 0.2) is 66.9 Å². The first-order valence-corrected chi connectivity index (χ1v) is 9.06. The average Bonchev–Trinajstić information content (AvgIpc) is 3.17. The van der Waals surface area contributed by atoms with Crippen molar-refractivity contribution in [2.24, 2.45) is 0 Å². The minimum Gasteiger partial charge on any atom is -0.497 e. The van der Waals surface area contributed by atoms with Crippen molar-refractivity contribution in [2.45, 2.75) is 6.92 Å². The van der Waals surface area contributed by atoms with Crippen LogP contribution in [-0.2, 0) is 9.53 Å². The average molecular weight is 391 g/mol. The third-order valence-corrected chi connectivity index (χ3v) is 4.05. The molecule has 2 aromatic carbocycles. The summed E-state index contributed by atoms with van der Waals surface area (Å²) >= 11 is 0. The number of hydrogen-bond acceptors (Lipinski definition) is 5. The van der Waals surface area contributed by atoms with Gasteiger partial charge in [-0.2, -0.15) is 5.10 Å². The van der Waals surface area contributed by atoms with Gasteiger partial charge in [0.1, 0.15) is 11.3 Å². The van der Waals surface area contributed by atoms with Gasteiger partial charge in [-0.15, -0.1) is 0 Å². The highest BCUT2D eigenvalue weighted by Crippen LogP contribution is 2.21. The second-order valence-electron chi connectivity index (χ2n) is 5.97. The minimum absolute atomic E-state index is 0.182. The number of benzene rings is 2. The smallest absolute Gasteiger partial charge is 0.343 e. The highest BCUT2D eigenvalue weighted by Gasteiger charge is 2.20. The van der Waals surface area contributed by atoms with Gasteiger partial charge in [-0.1, -0.05) is 30.3 Å². The largest absolute Gasteiger partial charge is 0.497 e. The quantitative estimate of drug-likeness (QED) is 0.490. The molecule has 0 saturated heterocycles. The van der Waals surface area contributed by atoms with Crippen molar-refractivity contribution in [1.29, 1.82) is 0 Å². The summed E-state index contributed by atoms with van der Waals surface area (Å²) < 4.78 is 11.7. The van der Waals surface area contributed by atoms with Crippen molar-refractivity contribution < 1.29 is 19.1 Å². The van der Waals surface area contributed by atoms with Crippen LogP contribution in [0.3, 0.4) is 0 Å². The Kier molecular flexibility index (Phi) is 6.42. The molecule has 7 nitrogen and oxygen atoms in total. The molecule has 0 fully saturated rings. The summed E-state index contributed by atoms with van der Waals surface area (Å²) in [5.41, 5.74) is 1.72. The first kappa shape index (κ1) is 19.9. The number of para-hydroxylation sites is 1. The SMILES string of the molecule is CCOC(=O)c1cnn(-c2ccccc2)c1NC(=O)C=Cc1ccc(OC)cc1. The summed E-state index contributed by atoms with van der Waals surface area (Å²) in [6.07, 6.45) is 4.44. The van der Waals surface area contributed by atoms with Gasteiger partial charge in [0.2, 0.25) is 5.91 Å². The lowest BCUT2D eigenvalue weighted by Crippen LogP contribution is -2.16. The first-order chi connectivity index (χ1) is 14.1. The van der Waals surface area contributed by atoms with Gasteiger partial charge in [0, 0.05) is 6.08 Å². The summed E-state index contributed by atoms with van der Waals surface area (Å²) in [5.74, 6) is 0.0321. The van der Waals surface area contributed by atoms with E-state index in [2.05, 4.69) is 10.4 Å². The lowest BCUT2D eigenvalue weighted by Gasteiger charge is -2.10. The number of ether oxygens (including phenoxy) is 2. The number of anilines is 1. The highest BCUT2D eigenvalue weighted by molar-refractivity contribution is 6.05. The van der Waals surface area contributed by atoms with E-state index in [4.69, 9.17) is 9.47 Å². The number of rotatable bonds is 7. The van der Waals surface area contributed by atoms with Gasteiger partial charge in [-0.25, -0.2) is 9.48 Å². The van der Waals surface area contributed by atoms with Crippen molar-refractivity contribution in [3.63, 3.8) is 0 Å². The Hall–Kier alpha value is -3.87. The number of aromatic nitrogens is 2. The molecular formula is C22H21N3O4.